The lowest BCUT2D eigenvalue weighted by atomic mass is 9.92. The van der Waals surface area contributed by atoms with E-state index in [1.807, 2.05) is 13.8 Å². The van der Waals surface area contributed by atoms with Crippen molar-refractivity contribution in [1.82, 2.24) is 0 Å². The highest BCUT2D eigenvalue weighted by atomic mass is 31.2. The number of nitrogens with zero attached hydrogens (tertiary/aromatic N) is 3. The zero-order chi connectivity index (χ0) is 21.8. The molecule has 11 nitrogen and oxygen atoms in total. The summed E-state index contributed by atoms with van der Waals surface area (Å²) >= 11 is 0. The van der Waals surface area contributed by atoms with Crippen LogP contribution in [0.1, 0.15) is 34.1 Å². The first-order chi connectivity index (χ1) is 13.5. The quantitative estimate of drug-likeness (QED) is 0.181. The molecule has 2 fully saturated rings. The van der Waals surface area contributed by atoms with Crippen molar-refractivity contribution in [2.75, 3.05) is 6.61 Å². The minimum atomic E-state index is -4.62. The molecule has 2 unspecified atom stereocenters. The number of azide groups is 1. The summed E-state index contributed by atoms with van der Waals surface area (Å²) in [6.45, 7) is 6.89. The van der Waals surface area contributed by atoms with Crippen LogP contribution in [-0.4, -0.2) is 82.1 Å². The molecular formula is C15H26B2N3O8P. The molecule has 0 aromatic carbocycles. The maximum atomic E-state index is 12.5. The Morgan fingerprint density at radius 3 is 2.48 bits per heavy atom. The Labute approximate surface area is 172 Å². The van der Waals surface area contributed by atoms with Crippen LogP contribution in [-0.2, 0) is 32.6 Å². The molecule has 0 aromatic heterocycles. The van der Waals surface area contributed by atoms with Gasteiger partial charge in [-0.3, -0.25) is 9.05 Å². The largest absolute Gasteiger partial charge is 0.472 e. The van der Waals surface area contributed by atoms with Crippen LogP contribution in [0.25, 0.3) is 10.4 Å². The molecule has 2 rings (SSSR count). The number of rotatable bonds is 10. The van der Waals surface area contributed by atoms with Crippen LogP contribution in [0.4, 0.5) is 0 Å². The normalized spacial score (nSPS) is 37.0. The molecule has 2 heterocycles. The highest BCUT2D eigenvalue weighted by Crippen LogP contribution is 2.48. The molecule has 2 saturated heterocycles. The minimum absolute atomic E-state index is 0.0794. The zero-order valence-electron chi connectivity index (χ0n) is 16.9. The van der Waals surface area contributed by atoms with Gasteiger partial charge in [0.25, 0.3) is 0 Å². The molecule has 14 heteroatoms. The second-order valence-corrected chi connectivity index (χ2v) is 8.76. The van der Waals surface area contributed by atoms with Gasteiger partial charge in [-0.25, -0.2) is 4.57 Å². The van der Waals surface area contributed by atoms with Gasteiger partial charge < -0.3 is 23.8 Å². The number of phosphoric ester groups is 1. The Bertz CT molecular complexity index is 639. The Morgan fingerprint density at radius 2 is 1.90 bits per heavy atom. The first-order valence-corrected chi connectivity index (χ1v) is 10.8. The molecule has 8 atom stereocenters. The van der Waals surface area contributed by atoms with Crippen LogP contribution >= 0.6 is 7.82 Å². The van der Waals surface area contributed by atoms with Crippen LogP contribution in [0.5, 0.6) is 0 Å². The fourth-order valence-corrected chi connectivity index (χ4v) is 4.01. The van der Waals surface area contributed by atoms with Crippen molar-refractivity contribution in [1.29, 1.82) is 0 Å². The summed E-state index contributed by atoms with van der Waals surface area (Å²) in [7, 11) is 6.95. The highest BCUT2D eigenvalue weighted by molar-refractivity contribution is 7.47. The van der Waals surface area contributed by atoms with Crippen molar-refractivity contribution in [3.63, 3.8) is 0 Å². The number of hydrogen-bond donors (Lipinski definition) is 1. The van der Waals surface area contributed by atoms with Gasteiger partial charge in [0.15, 0.2) is 6.29 Å². The van der Waals surface area contributed by atoms with Gasteiger partial charge in [-0.15, -0.1) is 0 Å². The van der Waals surface area contributed by atoms with Crippen LogP contribution in [0.2, 0.25) is 0 Å². The number of ether oxygens (including phenoxy) is 4. The summed E-state index contributed by atoms with van der Waals surface area (Å²) in [5.74, 6) is 0. The summed E-state index contributed by atoms with van der Waals surface area (Å²) in [5, 5.41) is 3.50. The fraction of sp³-hybridized carbons (Fsp3) is 1.00. The van der Waals surface area contributed by atoms with Crippen molar-refractivity contribution in [3.05, 3.63) is 10.4 Å². The summed E-state index contributed by atoms with van der Waals surface area (Å²) in [6.07, 6.45) is -3.34. The average molecular weight is 429 g/mol. The molecular weight excluding hydrogens is 403 g/mol. The number of phosphoric acid groups is 1. The van der Waals surface area contributed by atoms with Crippen LogP contribution in [0.15, 0.2) is 5.11 Å². The summed E-state index contributed by atoms with van der Waals surface area (Å²) < 4.78 is 44.9. The van der Waals surface area contributed by atoms with Gasteiger partial charge in [0.1, 0.15) is 27.9 Å². The van der Waals surface area contributed by atoms with Crippen molar-refractivity contribution in [2.45, 2.75) is 89.0 Å². The van der Waals surface area contributed by atoms with E-state index in [9.17, 15) is 9.46 Å². The standard InChI is InChI=1S/C15H26B2N3O8P/c1-7(2)24-9-5-11(16)26-10(9)6-23-29(21,22)28-13-12(19-20-18)14(17)27-15(13)25-8(3)4/h7-15H,5-6H2,1-4H3,(H,21,22)/t9-,10-,11-,12?,13-,14-,15+/m1/s1. The van der Waals surface area contributed by atoms with Crippen LogP contribution < -0.4 is 0 Å². The van der Waals surface area contributed by atoms with E-state index in [0.29, 0.717) is 6.42 Å². The minimum Gasteiger partial charge on any atom is -0.380 e. The predicted molar refractivity (Wildman–Crippen MR) is 103 cm³/mol. The van der Waals surface area contributed by atoms with Gasteiger partial charge in [-0.1, -0.05) is 5.11 Å². The Hall–Kier alpha value is -0.610. The SMILES string of the molecule is [B][C@@H]1O[C@H](OC(C)C)[C@H](OP(=O)(O)OC[C@H]2O[C@@H]([B])C[C@H]2OC(C)C)C1N=[N+]=[N-]. The van der Waals surface area contributed by atoms with Crippen LogP contribution in [0.3, 0.4) is 0 Å². The van der Waals surface area contributed by atoms with Crippen molar-refractivity contribution in [2.24, 2.45) is 5.11 Å². The molecule has 1 N–H and O–H groups in total. The molecule has 0 spiro atoms. The second-order valence-electron chi connectivity index (χ2n) is 7.36. The number of hydrogen-bond acceptors (Lipinski definition) is 8. The molecule has 4 radical (unpaired) electrons. The molecule has 0 saturated carbocycles. The van der Waals surface area contributed by atoms with Crippen molar-refractivity contribution >= 4 is 23.5 Å². The van der Waals surface area contributed by atoms with Gasteiger partial charge in [0.2, 0.25) is 0 Å². The van der Waals surface area contributed by atoms with E-state index in [4.69, 9.17) is 49.2 Å². The van der Waals surface area contributed by atoms with E-state index in [1.165, 1.54) is 0 Å². The monoisotopic (exact) mass is 429 g/mol. The maximum Gasteiger partial charge on any atom is 0.472 e. The van der Waals surface area contributed by atoms with Gasteiger partial charge >= 0.3 is 7.82 Å². The Balaban J connectivity index is 2.03. The Kier molecular flexibility index (Phi) is 9.03. The predicted octanol–water partition coefficient (Wildman–Crippen LogP) is 1.52. The van der Waals surface area contributed by atoms with Crippen molar-refractivity contribution in [3.8, 4) is 0 Å². The lowest BCUT2D eigenvalue weighted by Gasteiger charge is -2.26. The smallest absolute Gasteiger partial charge is 0.380 e. The lowest BCUT2D eigenvalue weighted by Crippen LogP contribution is -2.36. The molecule has 0 bridgehead atoms. The van der Waals surface area contributed by atoms with E-state index in [2.05, 4.69) is 10.0 Å². The van der Waals surface area contributed by atoms with Gasteiger partial charge in [-0.2, -0.15) is 0 Å². The molecule has 29 heavy (non-hydrogen) atoms. The molecule has 0 amide bonds. The third kappa shape index (κ3) is 7.24. The highest BCUT2D eigenvalue weighted by Gasteiger charge is 2.48. The maximum absolute atomic E-state index is 12.5. The van der Waals surface area contributed by atoms with E-state index < -0.39 is 44.4 Å². The topological polar surface area (TPSA) is 141 Å². The lowest BCUT2D eigenvalue weighted by molar-refractivity contribution is -0.173. The molecule has 2 aliphatic heterocycles. The zero-order valence-corrected chi connectivity index (χ0v) is 17.8. The van der Waals surface area contributed by atoms with E-state index in [1.54, 1.807) is 13.8 Å². The van der Waals surface area contributed by atoms with Crippen LogP contribution in [0, 0.1) is 0 Å². The van der Waals surface area contributed by atoms with Gasteiger partial charge in [0, 0.05) is 16.9 Å². The fourth-order valence-electron chi connectivity index (χ4n) is 3.08. The first-order valence-electron chi connectivity index (χ1n) is 9.35. The molecule has 160 valence electrons. The van der Waals surface area contributed by atoms with Gasteiger partial charge in [-0.05, 0) is 39.6 Å². The summed E-state index contributed by atoms with van der Waals surface area (Å²) in [5.41, 5.74) is 8.75. The molecule has 0 aromatic rings. The average Bonchev–Trinajstić information content (AvgIpc) is 3.06. The Morgan fingerprint density at radius 1 is 1.24 bits per heavy atom. The van der Waals surface area contributed by atoms with Gasteiger partial charge in [0.05, 0.1) is 31.0 Å². The first kappa shape index (κ1) is 24.7. The van der Waals surface area contributed by atoms with E-state index in [0.717, 1.165) is 0 Å². The molecule has 0 aliphatic carbocycles. The summed E-state index contributed by atoms with van der Waals surface area (Å²) in [6, 6.07) is -2.72. The summed E-state index contributed by atoms with van der Waals surface area (Å²) in [4.78, 5) is 12.9. The van der Waals surface area contributed by atoms with Crippen molar-refractivity contribution < 1.29 is 37.5 Å². The van der Waals surface area contributed by atoms with E-state index in [-0.39, 0.29) is 24.9 Å². The third-order valence-electron chi connectivity index (χ3n) is 4.16. The third-order valence-corrected chi connectivity index (χ3v) is 5.14. The second kappa shape index (κ2) is 10.6. The van der Waals surface area contributed by atoms with E-state index >= 15 is 0 Å². The molecule has 2 aliphatic rings.